The summed E-state index contributed by atoms with van der Waals surface area (Å²) in [4.78, 5) is 99.0. The van der Waals surface area contributed by atoms with Gasteiger partial charge in [-0.2, -0.15) is 0 Å². The summed E-state index contributed by atoms with van der Waals surface area (Å²) in [5.74, 6) is -1.47. The zero-order chi connectivity index (χ0) is 65.7. The quantitative estimate of drug-likeness (QED) is 0.0148. The summed E-state index contributed by atoms with van der Waals surface area (Å²) in [6, 6.07) is 23.1. The molecule has 0 aliphatic carbocycles. The molecule has 27 nitrogen and oxygen atoms in total. The molecule has 7 aromatic rings. The summed E-state index contributed by atoms with van der Waals surface area (Å²) in [6.45, 7) is 7.13. The van der Waals surface area contributed by atoms with E-state index in [0.29, 0.717) is 114 Å². The number of hydrogen-bond donors (Lipinski definition) is 8. The van der Waals surface area contributed by atoms with Crippen molar-refractivity contribution in [2.45, 2.75) is 58.8 Å². The molecule has 4 aromatic carbocycles. The standard InChI is InChI=1S/C65H83N11O16/c1-40(2)58(73-55(78)19-23-88-25-27-90-29-30-91-28-26-89-24-20-67-56(79)36-68-54(77)18-22-75-45(38-74(4)66-3)31-42-11-9-10-12-50(42)75)63(81)69-37-57(80)70-44-15-13-41(14-16-44)39-92-52-35-51-46(47-34-49(65(83)87-8)72-60(47)52)17-21-76(51)64(82)48-32-43-33-53(84-5)61(85-6)62(86-7)59(43)71-48/h9-16,31-35,40,58,66,71-72H,17-30,36-39H2,1-8H3,(H,67,79)(H,68,77)(H,69,81)(H,70,80)(H,73,78). The number of amides is 6. The number of carbonyl (C=O) groups is 7. The Bertz CT molecular complexity index is 3690. The number of anilines is 2. The first kappa shape index (κ1) is 68.7. The molecule has 4 heterocycles. The molecule has 0 fully saturated rings. The van der Waals surface area contributed by atoms with Gasteiger partial charge in [0.1, 0.15) is 29.8 Å². The number of fused-ring (bicyclic) bond motifs is 5. The SMILES string of the molecule is CNN(C)Cc1cc2ccccc2n1CCC(=O)NCC(=O)NCCOCCOCCOCCOCCC(=O)NC(C(=O)NCC(=O)Nc1ccc(COc2cc3c(c4cc(C(=O)OC)[nH]c24)CCN3C(=O)c2cc3cc(OC)c(OC)c(OC)c3[nH]2)cc1)C(C)C. The fraction of sp³-hybridized carbons (Fsp3) is 0.431. The average molecular weight is 1270 g/mol. The summed E-state index contributed by atoms with van der Waals surface area (Å²) in [5, 5.41) is 18.0. The second-order valence-electron chi connectivity index (χ2n) is 21.9. The molecule has 8 N–H and O–H groups in total. The minimum atomic E-state index is -0.901. The predicted molar refractivity (Wildman–Crippen MR) is 343 cm³/mol. The van der Waals surface area contributed by atoms with Crippen molar-refractivity contribution < 1.29 is 76.2 Å². The molecule has 3 aromatic heterocycles. The van der Waals surface area contributed by atoms with Gasteiger partial charge in [0.25, 0.3) is 5.91 Å². The van der Waals surface area contributed by atoms with Crippen LogP contribution in [-0.2, 0) is 73.8 Å². The highest BCUT2D eigenvalue weighted by atomic mass is 16.6. The smallest absolute Gasteiger partial charge is 0.354 e. The molecule has 494 valence electrons. The normalized spacial score (nSPS) is 12.3. The first-order valence-corrected chi connectivity index (χ1v) is 30.3. The number of para-hydroxylation sites is 1. The molecule has 27 heteroatoms. The second-order valence-corrected chi connectivity index (χ2v) is 21.9. The topological polar surface area (TPSA) is 318 Å². The Morgan fingerprint density at radius 3 is 2.02 bits per heavy atom. The van der Waals surface area contributed by atoms with Crippen LogP contribution in [0.1, 0.15) is 64.5 Å². The maximum absolute atomic E-state index is 14.3. The lowest BCUT2D eigenvalue weighted by Gasteiger charge is -2.21. The second kappa shape index (κ2) is 33.7. The van der Waals surface area contributed by atoms with Crippen LogP contribution in [0.5, 0.6) is 23.0 Å². The zero-order valence-corrected chi connectivity index (χ0v) is 53.3. The van der Waals surface area contributed by atoms with Crippen LogP contribution >= 0.6 is 0 Å². The van der Waals surface area contributed by atoms with E-state index in [1.165, 1.54) is 28.4 Å². The molecule has 6 amide bonds. The van der Waals surface area contributed by atoms with E-state index in [0.717, 1.165) is 27.7 Å². The van der Waals surface area contributed by atoms with E-state index in [4.69, 9.17) is 42.6 Å². The summed E-state index contributed by atoms with van der Waals surface area (Å²) in [7, 11) is 9.63. The molecule has 0 bridgehead atoms. The number of hydrazine groups is 1. The number of aromatic nitrogens is 3. The Morgan fingerprint density at radius 1 is 0.652 bits per heavy atom. The highest BCUT2D eigenvalue weighted by Crippen LogP contribution is 2.45. The predicted octanol–water partition coefficient (Wildman–Crippen LogP) is 4.74. The number of ether oxygens (including phenoxy) is 9. The molecule has 1 atom stereocenters. The molecule has 0 radical (unpaired) electrons. The maximum atomic E-state index is 14.3. The van der Waals surface area contributed by atoms with Crippen LogP contribution in [-0.4, -0.2) is 189 Å². The third-order valence-electron chi connectivity index (χ3n) is 15.3. The zero-order valence-electron chi connectivity index (χ0n) is 53.3. The van der Waals surface area contributed by atoms with Crippen molar-refractivity contribution in [1.82, 2.24) is 46.2 Å². The third kappa shape index (κ3) is 18.0. The first-order valence-electron chi connectivity index (χ1n) is 30.3. The molecule has 1 unspecified atom stereocenters. The number of aryl methyl sites for hydroxylation is 1. The molecule has 0 saturated carbocycles. The van der Waals surface area contributed by atoms with Crippen molar-refractivity contribution in [3.05, 3.63) is 107 Å². The van der Waals surface area contributed by atoms with E-state index in [1.807, 2.05) is 43.4 Å². The van der Waals surface area contributed by atoms with Gasteiger partial charge in [-0.1, -0.05) is 44.2 Å². The monoisotopic (exact) mass is 1270 g/mol. The minimum absolute atomic E-state index is 0.00194. The van der Waals surface area contributed by atoms with E-state index in [1.54, 1.807) is 67.3 Å². The van der Waals surface area contributed by atoms with Crippen molar-refractivity contribution in [2.24, 2.45) is 5.92 Å². The van der Waals surface area contributed by atoms with Crippen molar-refractivity contribution in [3.63, 3.8) is 0 Å². The number of rotatable bonds is 37. The van der Waals surface area contributed by atoms with E-state index >= 15 is 0 Å². The van der Waals surface area contributed by atoms with Crippen molar-refractivity contribution in [1.29, 1.82) is 0 Å². The van der Waals surface area contributed by atoms with Gasteiger partial charge in [0.2, 0.25) is 35.3 Å². The van der Waals surface area contributed by atoms with E-state index in [2.05, 4.69) is 52.6 Å². The van der Waals surface area contributed by atoms with Gasteiger partial charge in [-0.3, -0.25) is 34.2 Å². The Kier molecular flexibility index (Phi) is 25.2. The van der Waals surface area contributed by atoms with Gasteiger partial charge < -0.3 is 88.7 Å². The molecular formula is C65H83N11O16. The van der Waals surface area contributed by atoms with Crippen LogP contribution in [0.3, 0.4) is 0 Å². The van der Waals surface area contributed by atoms with Crippen LogP contribution in [0.25, 0.3) is 32.7 Å². The Labute approximate surface area is 532 Å². The summed E-state index contributed by atoms with van der Waals surface area (Å²) >= 11 is 0. The number of aromatic amines is 2. The van der Waals surface area contributed by atoms with Crippen LogP contribution < -0.4 is 55.9 Å². The van der Waals surface area contributed by atoms with E-state index < -0.39 is 29.7 Å². The van der Waals surface area contributed by atoms with Crippen molar-refractivity contribution >= 4 is 85.5 Å². The first-order chi connectivity index (χ1) is 44.5. The number of methoxy groups -OCH3 is 4. The highest BCUT2D eigenvalue weighted by Gasteiger charge is 2.32. The third-order valence-corrected chi connectivity index (χ3v) is 15.3. The maximum Gasteiger partial charge on any atom is 0.354 e. The van der Waals surface area contributed by atoms with Crippen molar-refractivity contribution in [3.8, 4) is 23.0 Å². The molecule has 92 heavy (non-hydrogen) atoms. The Hall–Kier alpha value is -9.25. The average Bonchev–Trinajstić information content (AvgIpc) is 1.59. The summed E-state index contributed by atoms with van der Waals surface area (Å²) < 4.78 is 52.4. The van der Waals surface area contributed by atoms with Gasteiger partial charge >= 0.3 is 5.97 Å². The molecule has 8 rings (SSSR count). The number of esters is 1. The number of nitrogens with one attached hydrogen (secondary N) is 8. The van der Waals surface area contributed by atoms with E-state index in [9.17, 15) is 33.6 Å². The lowest BCUT2D eigenvalue weighted by molar-refractivity contribution is -0.131. The number of benzene rings is 4. The van der Waals surface area contributed by atoms with Gasteiger partial charge in [-0.05, 0) is 78.4 Å². The minimum Gasteiger partial charge on any atom is -0.493 e. The van der Waals surface area contributed by atoms with Crippen LogP contribution in [0, 0.1) is 5.92 Å². The highest BCUT2D eigenvalue weighted by molar-refractivity contribution is 6.12. The molecule has 1 aliphatic rings. The van der Waals surface area contributed by atoms with Crippen molar-refractivity contribution in [2.75, 3.05) is 132 Å². The van der Waals surface area contributed by atoms with E-state index in [-0.39, 0.29) is 94.8 Å². The number of nitrogens with zero attached hydrogens (tertiary/aromatic N) is 3. The molecular weight excluding hydrogens is 1190 g/mol. The molecule has 0 spiro atoms. The van der Waals surface area contributed by atoms with Gasteiger partial charge in [-0.25, -0.2) is 9.80 Å². The van der Waals surface area contributed by atoms with Gasteiger partial charge in [0.05, 0.1) is 118 Å². The Balaban J connectivity index is 0.673. The fourth-order valence-corrected chi connectivity index (χ4v) is 10.5. The van der Waals surface area contributed by atoms with Gasteiger partial charge in [-0.15, -0.1) is 0 Å². The Morgan fingerprint density at radius 2 is 1.34 bits per heavy atom. The lowest BCUT2D eigenvalue weighted by atomic mass is 10.0. The fourth-order valence-electron chi connectivity index (χ4n) is 10.5. The van der Waals surface area contributed by atoms with Gasteiger partial charge in [0.15, 0.2) is 11.5 Å². The largest absolute Gasteiger partial charge is 0.493 e. The lowest BCUT2D eigenvalue weighted by Crippen LogP contribution is -2.51. The van der Waals surface area contributed by atoms with Crippen LogP contribution in [0.2, 0.25) is 0 Å². The molecule has 1 aliphatic heterocycles. The summed E-state index contributed by atoms with van der Waals surface area (Å²) in [6.07, 6.45) is 0.739. The summed E-state index contributed by atoms with van der Waals surface area (Å²) in [5.41, 5.74) is 9.55. The number of carbonyl (C=O) groups excluding carboxylic acids is 7. The van der Waals surface area contributed by atoms with Crippen LogP contribution in [0.4, 0.5) is 11.4 Å². The van der Waals surface area contributed by atoms with Crippen LogP contribution in [0.15, 0.2) is 78.9 Å². The van der Waals surface area contributed by atoms with Gasteiger partial charge in [0, 0.05) is 73.3 Å². The molecule has 0 saturated heterocycles. The number of hydrogen-bond acceptors (Lipinski definition) is 18. The number of H-pyrrole nitrogens is 2.